The number of halogens is 3. The molecule has 1 fully saturated rings. The standard InChI is InChI=1S/C11H10Cl3N3O2/c12-6-8(17-16-5-3-1-2-4-5)7(13)10(14)15-9(6)11(18)19/h1-4H2,(H,15,17)(H,18,19). The maximum Gasteiger partial charge on any atom is 0.356 e. The van der Waals surface area contributed by atoms with Gasteiger partial charge in [-0.15, -0.1) is 0 Å². The Hall–Kier alpha value is -1.04. The lowest BCUT2D eigenvalue weighted by Gasteiger charge is -2.10. The van der Waals surface area contributed by atoms with Gasteiger partial charge in [0.25, 0.3) is 0 Å². The third-order valence-electron chi connectivity index (χ3n) is 2.75. The molecule has 2 N–H and O–H groups in total. The van der Waals surface area contributed by atoms with Crippen LogP contribution < -0.4 is 5.43 Å². The Morgan fingerprint density at radius 3 is 2.42 bits per heavy atom. The molecule has 0 saturated heterocycles. The number of hydrazone groups is 1. The van der Waals surface area contributed by atoms with E-state index in [1.165, 1.54) is 0 Å². The van der Waals surface area contributed by atoms with Crippen molar-refractivity contribution in [2.75, 3.05) is 5.43 Å². The molecule has 8 heteroatoms. The number of nitrogens with zero attached hydrogens (tertiary/aromatic N) is 2. The first-order valence-corrected chi connectivity index (χ1v) is 6.73. The molecule has 0 atom stereocenters. The smallest absolute Gasteiger partial charge is 0.356 e. The summed E-state index contributed by atoms with van der Waals surface area (Å²) in [5.41, 5.74) is 3.50. The first kappa shape index (κ1) is 14.4. The number of aromatic carboxylic acids is 1. The average molecular weight is 323 g/mol. The van der Waals surface area contributed by atoms with Crippen molar-refractivity contribution in [1.29, 1.82) is 0 Å². The molecule has 2 rings (SSSR count). The van der Waals surface area contributed by atoms with Crippen molar-refractivity contribution < 1.29 is 9.90 Å². The lowest BCUT2D eigenvalue weighted by Crippen LogP contribution is -2.06. The van der Waals surface area contributed by atoms with E-state index in [-0.39, 0.29) is 26.6 Å². The first-order valence-electron chi connectivity index (χ1n) is 5.60. The lowest BCUT2D eigenvalue weighted by atomic mass is 10.3. The van der Waals surface area contributed by atoms with E-state index >= 15 is 0 Å². The maximum atomic E-state index is 11.0. The van der Waals surface area contributed by atoms with Crippen LogP contribution in [-0.4, -0.2) is 21.8 Å². The minimum absolute atomic E-state index is 0.0546. The van der Waals surface area contributed by atoms with E-state index in [1.54, 1.807) is 0 Å². The van der Waals surface area contributed by atoms with Crippen molar-refractivity contribution in [2.45, 2.75) is 25.7 Å². The molecule has 0 spiro atoms. The van der Waals surface area contributed by atoms with Crippen LogP contribution in [0.25, 0.3) is 0 Å². The lowest BCUT2D eigenvalue weighted by molar-refractivity contribution is 0.0691. The molecule has 1 aliphatic carbocycles. The van der Waals surface area contributed by atoms with Crippen molar-refractivity contribution in [3.63, 3.8) is 0 Å². The van der Waals surface area contributed by atoms with Gasteiger partial charge in [0.1, 0.15) is 10.0 Å². The normalized spacial score (nSPS) is 14.6. The predicted molar refractivity (Wildman–Crippen MR) is 75.8 cm³/mol. The van der Waals surface area contributed by atoms with Crippen LogP contribution in [0.4, 0.5) is 5.69 Å². The second kappa shape index (κ2) is 5.94. The summed E-state index contributed by atoms with van der Waals surface area (Å²) in [4.78, 5) is 14.6. The molecule has 5 nitrogen and oxygen atoms in total. The molecule has 1 aromatic heterocycles. The zero-order chi connectivity index (χ0) is 14.0. The van der Waals surface area contributed by atoms with Crippen molar-refractivity contribution in [2.24, 2.45) is 5.10 Å². The summed E-state index contributed by atoms with van der Waals surface area (Å²) in [5.74, 6) is -1.28. The fourth-order valence-electron chi connectivity index (χ4n) is 1.78. The van der Waals surface area contributed by atoms with Crippen LogP contribution in [0.15, 0.2) is 5.10 Å². The summed E-state index contributed by atoms with van der Waals surface area (Å²) in [6, 6.07) is 0. The topological polar surface area (TPSA) is 74.6 Å². The Labute approximate surface area is 124 Å². The van der Waals surface area contributed by atoms with E-state index in [4.69, 9.17) is 39.9 Å². The minimum atomic E-state index is -1.28. The van der Waals surface area contributed by atoms with Crippen LogP contribution in [0.2, 0.25) is 15.2 Å². The number of nitrogens with one attached hydrogen (secondary N) is 1. The average Bonchev–Trinajstić information content (AvgIpc) is 2.86. The van der Waals surface area contributed by atoms with E-state index in [0.29, 0.717) is 0 Å². The molecule has 0 amide bonds. The number of hydrogen-bond acceptors (Lipinski definition) is 4. The van der Waals surface area contributed by atoms with E-state index in [9.17, 15) is 4.79 Å². The Kier molecular flexibility index (Phi) is 4.50. The molecule has 102 valence electrons. The van der Waals surface area contributed by atoms with Gasteiger partial charge in [-0.1, -0.05) is 34.8 Å². The van der Waals surface area contributed by atoms with E-state index in [0.717, 1.165) is 31.4 Å². The highest BCUT2D eigenvalue weighted by Gasteiger charge is 2.21. The SMILES string of the molecule is O=C(O)c1nc(Cl)c(Cl)c(NN=C2CCCC2)c1Cl. The van der Waals surface area contributed by atoms with Gasteiger partial charge in [0.2, 0.25) is 0 Å². The Morgan fingerprint density at radius 2 is 1.84 bits per heavy atom. The van der Waals surface area contributed by atoms with Crippen molar-refractivity contribution in [3.8, 4) is 0 Å². The number of pyridine rings is 1. The molecular formula is C11H10Cl3N3O2. The minimum Gasteiger partial charge on any atom is -0.476 e. The van der Waals surface area contributed by atoms with Gasteiger partial charge in [-0.2, -0.15) is 5.10 Å². The van der Waals surface area contributed by atoms with Crippen molar-refractivity contribution in [3.05, 3.63) is 20.9 Å². The molecule has 0 radical (unpaired) electrons. The van der Waals surface area contributed by atoms with Crippen LogP contribution in [0.1, 0.15) is 36.2 Å². The third kappa shape index (κ3) is 3.11. The highest BCUT2D eigenvalue weighted by molar-refractivity contribution is 6.46. The molecule has 0 bridgehead atoms. The molecule has 1 saturated carbocycles. The summed E-state index contributed by atoms with van der Waals surface area (Å²) in [6.45, 7) is 0. The Bertz CT molecular complexity index is 553. The largest absolute Gasteiger partial charge is 0.476 e. The van der Waals surface area contributed by atoms with Gasteiger partial charge >= 0.3 is 5.97 Å². The zero-order valence-corrected chi connectivity index (χ0v) is 12.0. The van der Waals surface area contributed by atoms with E-state index in [2.05, 4.69) is 15.5 Å². The summed E-state index contributed by atoms with van der Waals surface area (Å²) in [6.07, 6.45) is 4.01. The monoisotopic (exact) mass is 321 g/mol. The summed E-state index contributed by atoms with van der Waals surface area (Å²) >= 11 is 17.7. The number of aromatic nitrogens is 1. The fraction of sp³-hybridized carbons (Fsp3) is 0.364. The van der Waals surface area contributed by atoms with Gasteiger partial charge in [0.15, 0.2) is 10.8 Å². The van der Waals surface area contributed by atoms with E-state index in [1.807, 2.05) is 0 Å². The summed E-state index contributed by atoms with van der Waals surface area (Å²) in [7, 11) is 0. The summed E-state index contributed by atoms with van der Waals surface area (Å²) < 4.78 is 0. The van der Waals surface area contributed by atoms with Gasteiger partial charge in [0, 0.05) is 5.71 Å². The molecule has 0 aromatic carbocycles. The first-order chi connectivity index (χ1) is 9.00. The number of rotatable bonds is 3. The van der Waals surface area contributed by atoms with Crippen LogP contribution in [0.5, 0.6) is 0 Å². The van der Waals surface area contributed by atoms with Gasteiger partial charge < -0.3 is 5.11 Å². The maximum absolute atomic E-state index is 11.0. The molecule has 1 aromatic rings. The van der Waals surface area contributed by atoms with Crippen LogP contribution >= 0.6 is 34.8 Å². The fourth-order valence-corrected chi connectivity index (χ4v) is 2.45. The number of carboxylic acid groups (broad SMARTS) is 1. The van der Waals surface area contributed by atoms with Gasteiger partial charge in [-0.05, 0) is 25.7 Å². The van der Waals surface area contributed by atoms with Crippen molar-refractivity contribution in [1.82, 2.24) is 4.98 Å². The van der Waals surface area contributed by atoms with Crippen molar-refractivity contribution >= 4 is 52.2 Å². The Morgan fingerprint density at radius 1 is 1.21 bits per heavy atom. The van der Waals surface area contributed by atoms with E-state index < -0.39 is 5.97 Å². The van der Waals surface area contributed by atoms with Crippen LogP contribution in [-0.2, 0) is 0 Å². The highest BCUT2D eigenvalue weighted by Crippen LogP contribution is 2.37. The number of carbonyl (C=O) groups is 1. The second-order valence-corrected chi connectivity index (χ2v) is 5.17. The summed E-state index contributed by atoms with van der Waals surface area (Å²) in [5, 5.41) is 13.0. The third-order valence-corrected chi connectivity index (χ3v) is 3.85. The number of hydrogen-bond donors (Lipinski definition) is 2. The molecule has 0 unspecified atom stereocenters. The molecular weight excluding hydrogens is 312 g/mol. The number of carboxylic acids is 1. The van der Waals surface area contributed by atoms with Crippen LogP contribution in [0.3, 0.4) is 0 Å². The molecule has 0 aliphatic heterocycles. The highest BCUT2D eigenvalue weighted by atomic mass is 35.5. The van der Waals surface area contributed by atoms with Gasteiger partial charge in [-0.3, -0.25) is 5.43 Å². The predicted octanol–water partition coefficient (Wildman–Crippen LogP) is 4.08. The Balaban J connectivity index is 2.37. The van der Waals surface area contributed by atoms with Gasteiger partial charge in [-0.25, -0.2) is 9.78 Å². The second-order valence-electron chi connectivity index (χ2n) is 4.06. The molecule has 1 heterocycles. The van der Waals surface area contributed by atoms with Crippen LogP contribution in [0, 0.1) is 0 Å². The molecule has 1 aliphatic rings. The quantitative estimate of drug-likeness (QED) is 0.649. The van der Waals surface area contributed by atoms with Gasteiger partial charge in [0.05, 0.1) is 5.69 Å². The number of anilines is 1. The molecule has 19 heavy (non-hydrogen) atoms. The zero-order valence-electron chi connectivity index (χ0n) is 9.71.